The van der Waals surface area contributed by atoms with Crippen LogP contribution in [-0.2, 0) is 14.3 Å². The van der Waals surface area contributed by atoms with E-state index in [4.69, 9.17) is 0 Å². The first-order valence-corrected chi connectivity index (χ1v) is 9.00. The molecule has 0 bridgehead atoms. The average molecular weight is 355 g/mol. The number of hydrogen-bond acceptors (Lipinski definition) is 4. The summed E-state index contributed by atoms with van der Waals surface area (Å²) in [4.78, 5) is 0. The van der Waals surface area contributed by atoms with E-state index in [1.807, 2.05) is 0 Å². The molecule has 0 radical (unpaired) electrons. The van der Waals surface area contributed by atoms with E-state index in [-0.39, 0.29) is 12.1 Å². The van der Waals surface area contributed by atoms with E-state index in [2.05, 4.69) is 4.18 Å². The molecule has 0 amide bonds. The fraction of sp³-hybridized carbons (Fsp3) is 0.714. The average Bonchev–Trinajstić information content (AvgIpc) is 2.47. The molecule has 0 spiro atoms. The van der Waals surface area contributed by atoms with Crippen LogP contribution in [0.15, 0.2) is 22.5 Å². The van der Waals surface area contributed by atoms with Crippen molar-refractivity contribution in [1.82, 2.24) is 5.12 Å². The number of halogens is 4. The Bertz CT molecular complexity index is 666. The molecule has 1 heterocycles. The maximum absolute atomic E-state index is 14.6. The highest BCUT2D eigenvalue weighted by molar-refractivity contribution is 7.87. The topological polar surface area (TPSA) is 46.6 Å². The lowest BCUT2D eigenvalue weighted by Crippen LogP contribution is -2.36. The first kappa shape index (κ1) is 16.8. The summed E-state index contributed by atoms with van der Waals surface area (Å²) < 4.78 is 79.1. The van der Waals surface area contributed by atoms with Crippen LogP contribution >= 0.6 is 0 Å². The molecule has 0 fully saturated rings. The van der Waals surface area contributed by atoms with Gasteiger partial charge in [-0.3, -0.25) is 4.18 Å². The zero-order chi connectivity index (χ0) is 16.8. The summed E-state index contributed by atoms with van der Waals surface area (Å²) in [6.45, 7) is 0. The molecule has 130 valence electrons. The van der Waals surface area contributed by atoms with E-state index in [0.717, 1.165) is 18.4 Å². The van der Waals surface area contributed by atoms with Crippen LogP contribution in [0.4, 0.5) is 17.7 Å². The Morgan fingerprint density at radius 2 is 1.70 bits per heavy atom. The highest BCUT2D eigenvalue weighted by atomic mass is 32.2. The van der Waals surface area contributed by atoms with Crippen molar-refractivity contribution in [3.05, 3.63) is 22.5 Å². The van der Waals surface area contributed by atoms with Crippen molar-refractivity contribution >= 4 is 10.1 Å². The third-order valence-electron chi connectivity index (χ3n) is 4.59. The van der Waals surface area contributed by atoms with Gasteiger partial charge in [0.25, 0.3) is 0 Å². The van der Waals surface area contributed by atoms with E-state index in [1.54, 1.807) is 0 Å². The second-order valence-corrected chi connectivity index (χ2v) is 7.63. The summed E-state index contributed by atoms with van der Waals surface area (Å²) in [5, 5.41) is 0.559. The fourth-order valence-electron chi connectivity index (χ4n) is 3.50. The maximum atomic E-state index is 14.6. The monoisotopic (exact) mass is 355 g/mol. The molecule has 3 aliphatic rings. The number of nitrogens with zero attached hydrogens (tertiary/aromatic N) is 1. The van der Waals surface area contributed by atoms with Gasteiger partial charge < -0.3 is 0 Å². The first-order valence-electron chi connectivity index (χ1n) is 7.59. The largest absolute Gasteiger partial charge is 0.523 e. The molecule has 23 heavy (non-hydrogen) atoms. The lowest BCUT2D eigenvalue weighted by molar-refractivity contribution is -0.0570. The molecule has 1 aliphatic heterocycles. The van der Waals surface area contributed by atoms with Crippen LogP contribution in [0, 0.1) is 0 Å². The lowest BCUT2D eigenvalue weighted by Gasteiger charge is -2.38. The van der Waals surface area contributed by atoms with Crippen LogP contribution < -0.4 is 0 Å². The van der Waals surface area contributed by atoms with Gasteiger partial charge in [0.1, 0.15) is 6.10 Å². The molecule has 3 rings (SSSR count). The minimum Gasteiger partial charge on any atom is -0.255 e. The quantitative estimate of drug-likeness (QED) is 0.324. The van der Waals surface area contributed by atoms with Crippen molar-refractivity contribution in [2.24, 2.45) is 0 Å². The molecule has 0 aromatic carbocycles. The van der Waals surface area contributed by atoms with Gasteiger partial charge in [0.15, 0.2) is 0 Å². The highest BCUT2D eigenvalue weighted by Gasteiger charge is 2.50. The van der Waals surface area contributed by atoms with Crippen LogP contribution in [0.25, 0.3) is 0 Å². The zero-order valence-electron chi connectivity index (χ0n) is 12.3. The van der Waals surface area contributed by atoms with Crippen molar-refractivity contribution in [3.8, 4) is 0 Å². The summed E-state index contributed by atoms with van der Waals surface area (Å²) in [6.07, 6.45) is 3.06. The minimum absolute atomic E-state index is 0.143. The normalized spacial score (nSPS) is 26.3. The number of rotatable bonds is 2. The van der Waals surface area contributed by atoms with Crippen molar-refractivity contribution in [2.45, 2.75) is 63.0 Å². The molecule has 4 nitrogen and oxygen atoms in total. The molecular formula is C14H17F4NO3S. The smallest absolute Gasteiger partial charge is 0.255 e. The van der Waals surface area contributed by atoms with Crippen LogP contribution in [-0.4, -0.2) is 25.2 Å². The first-order chi connectivity index (χ1) is 10.7. The Hall–Kier alpha value is -1.09. The summed E-state index contributed by atoms with van der Waals surface area (Å²) >= 11 is 0. The van der Waals surface area contributed by atoms with Crippen molar-refractivity contribution in [2.75, 3.05) is 0 Å². The van der Waals surface area contributed by atoms with Crippen molar-refractivity contribution < 1.29 is 30.3 Å². The van der Waals surface area contributed by atoms with Gasteiger partial charge in [0, 0.05) is 0 Å². The van der Waals surface area contributed by atoms with Crippen LogP contribution in [0.1, 0.15) is 51.4 Å². The molecule has 9 heteroatoms. The summed E-state index contributed by atoms with van der Waals surface area (Å²) in [5.74, 6) is 0. The Morgan fingerprint density at radius 1 is 1.04 bits per heavy atom. The van der Waals surface area contributed by atoms with E-state index in [1.165, 1.54) is 0 Å². The highest BCUT2D eigenvalue weighted by Crippen LogP contribution is 2.45. The van der Waals surface area contributed by atoms with Gasteiger partial charge in [0.05, 0.1) is 11.4 Å². The van der Waals surface area contributed by atoms with Crippen LogP contribution in [0.2, 0.25) is 0 Å². The molecule has 0 N–H and O–H groups in total. The van der Waals surface area contributed by atoms with Gasteiger partial charge in [-0.25, -0.2) is 0 Å². The minimum atomic E-state index is -5.69. The Morgan fingerprint density at radius 3 is 2.39 bits per heavy atom. The lowest BCUT2D eigenvalue weighted by atomic mass is 9.81. The summed E-state index contributed by atoms with van der Waals surface area (Å²) in [6, 6.07) is 0. The molecule has 1 atom stereocenters. The van der Waals surface area contributed by atoms with Gasteiger partial charge in [-0.1, -0.05) is 4.48 Å². The molecule has 2 aliphatic carbocycles. The zero-order valence-corrected chi connectivity index (χ0v) is 13.1. The molecule has 1 unspecified atom stereocenters. The second-order valence-electron chi connectivity index (χ2n) is 6.06. The second kappa shape index (κ2) is 5.77. The number of alkyl halides is 3. The number of hydrogen-bond donors (Lipinski definition) is 0. The third-order valence-corrected chi connectivity index (χ3v) is 5.65. The Kier molecular flexibility index (Phi) is 4.20. The maximum Gasteiger partial charge on any atom is 0.523 e. The predicted octanol–water partition coefficient (Wildman–Crippen LogP) is 4.08. The van der Waals surface area contributed by atoms with Gasteiger partial charge in [-0.15, -0.1) is 0 Å². The van der Waals surface area contributed by atoms with Crippen molar-refractivity contribution in [3.63, 3.8) is 0 Å². The molecular weight excluding hydrogens is 338 g/mol. The summed E-state index contributed by atoms with van der Waals surface area (Å²) in [5.41, 5.74) is -3.41. The van der Waals surface area contributed by atoms with E-state index in [9.17, 15) is 26.1 Å². The fourth-order valence-corrected chi connectivity index (χ4v) is 4.13. The van der Waals surface area contributed by atoms with Crippen LogP contribution in [0.5, 0.6) is 0 Å². The standard InChI is InChI=1S/C14H17F4NO3S/c15-14(16,17)23(20,21)22-13-7-3-6-12-10(13)8-9-4-1-2-5-11(9)19(12)18/h13H,1-8H2. The van der Waals surface area contributed by atoms with Crippen molar-refractivity contribution in [1.29, 1.82) is 0 Å². The van der Waals surface area contributed by atoms with E-state index >= 15 is 0 Å². The van der Waals surface area contributed by atoms with Gasteiger partial charge in [0.2, 0.25) is 0 Å². The number of allylic oxidation sites excluding steroid dienone is 3. The third kappa shape index (κ3) is 3.00. The van der Waals surface area contributed by atoms with E-state index < -0.39 is 21.7 Å². The SMILES string of the molecule is O=S(=O)(OC1CCCC2=C1CC1=C(CCCC1)N2F)C(F)(F)F. The van der Waals surface area contributed by atoms with Gasteiger partial charge in [-0.05, 0) is 62.5 Å². The van der Waals surface area contributed by atoms with Crippen LogP contribution in [0.3, 0.4) is 0 Å². The van der Waals surface area contributed by atoms with E-state index in [0.29, 0.717) is 48.5 Å². The Labute approximate surface area is 131 Å². The molecule has 0 saturated heterocycles. The van der Waals surface area contributed by atoms with Gasteiger partial charge >= 0.3 is 15.6 Å². The molecule has 0 aromatic heterocycles. The predicted molar refractivity (Wildman–Crippen MR) is 73.8 cm³/mol. The van der Waals surface area contributed by atoms with Gasteiger partial charge in [-0.2, -0.15) is 26.7 Å². The molecule has 0 aromatic rings. The summed E-state index contributed by atoms with van der Waals surface area (Å²) in [7, 11) is -5.69. The molecule has 0 saturated carbocycles. The Balaban J connectivity index is 1.89.